The Balaban J connectivity index is 1.92. The molecular weight excluding hydrogens is 242 g/mol. The van der Waals surface area contributed by atoms with Crippen LogP contribution in [0.1, 0.15) is 30.9 Å². The van der Waals surface area contributed by atoms with E-state index < -0.39 is 0 Å². The molecule has 2 heterocycles. The van der Waals surface area contributed by atoms with Crippen LogP contribution in [0.3, 0.4) is 0 Å². The maximum atomic E-state index is 5.68. The zero-order chi connectivity index (χ0) is 13.8. The van der Waals surface area contributed by atoms with Crippen LogP contribution in [0.5, 0.6) is 5.75 Å². The maximum Gasteiger partial charge on any atom is 0.157 e. The number of rotatable bonds is 6. The highest BCUT2D eigenvalue weighted by molar-refractivity contribution is 5.21. The molecule has 2 aromatic rings. The van der Waals surface area contributed by atoms with Gasteiger partial charge in [-0.25, -0.2) is 0 Å². The summed E-state index contributed by atoms with van der Waals surface area (Å²) >= 11 is 0. The SMILES string of the molecule is Cc1oc(COc2cnn(C)c2)cc1CNC(C)C. The van der Waals surface area contributed by atoms with Gasteiger partial charge in [0.05, 0.1) is 12.4 Å². The van der Waals surface area contributed by atoms with Gasteiger partial charge in [-0.2, -0.15) is 5.10 Å². The molecule has 0 fully saturated rings. The first kappa shape index (κ1) is 13.7. The number of furan rings is 1. The lowest BCUT2D eigenvalue weighted by atomic mass is 10.2. The zero-order valence-corrected chi connectivity index (χ0v) is 11.9. The van der Waals surface area contributed by atoms with E-state index in [1.807, 2.05) is 26.2 Å². The fourth-order valence-electron chi connectivity index (χ4n) is 1.78. The van der Waals surface area contributed by atoms with Crippen molar-refractivity contribution in [2.24, 2.45) is 7.05 Å². The van der Waals surface area contributed by atoms with E-state index in [9.17, 15) is 0 Å². The molecule has 0 aromatic carbocycles. The summed E-state index contributed by atoms with van der Waals surface area (Å²) in [4.78, 5) is 0. The summed E-state index contributed by atoms with van der Waals surface area (Å²) < 4.78 is 13.0. The lowest BCUT2D eigenvalue weighted by molar-refractivity contribution is 0.267. The van der Waals surface area contributed by atoms with Crippen molar-refractivity contribution in [3.05, 3.63) is 35.5 Å². The van der Waals surface area contributed by atoms with Gasteiger partial charge in [0.15, 0.2) is 5.75 Å². The second kappa shape index (κ2) is 5.93. The van der Waals surface area contributed by atoms with Gasteiger partial charge in [0, 0.05) is 25.2 Å². The number of nitrogens with one attached hydrogen (secondary N) is 1. The van der Waals surface area contributed by atoms with E-state index in [0.29, 0.717) is 12.6 Å². The molecule has 1 N–H and O–H groups in total. The van der Waals surface area contributed by atoms with Crippen LogP contribution in [0.2, 0.25) is 0 Å². The molecule has 2 aromatic heterocycles. The summed E-state index contributed by atoms with van der Waals surface area (Å²) in [7, 11) is 1.86. The summed E-state index contributed by atoms with van der Waals surface area (Å²) in [6.07, 6.45) is 3.52. The van der Waals surface area contributed by atoms with Crippen molar-refractivity contribution in [2.75, 3.05) is 0 Å². The highest BCUT2D eigenvalue weighted by Gasteiger charge is 2.08. The van der Waals surface area contributed by atoms with Crippen molar-refractivity contribution in [3.8, 4) is 5.75 Å². The van der Waals surface area contributed by atoms with E-state index in [-0.39, 0.29) is 0 Å². The molecule has 19 heavy (non-hydrogen) atoms. The molecule has 2 rings (SSSR count). The molecule has 104 valence electrons. The van der Waals surface area contributed by atoms with Gasteiger partial charge < -0.3 is 14.5 Å². The van der Waals surface area contributed by atoms with Gasteiger partial charge in [-0.05, 0) is 13.0 Å². The van der Waals surface area contributed by atoms with Gasteiger partial charge in [-0.3, -0.25) is 4.68 Å². The number of hydrogen-bond donors (Lipinski definition) is 1. The molecule has 0 unspecified atom stereocenters. The molecule has 0 saturated heterocycles. The van der Waals surface area contributed by atoms with E-state index in [2.05, 4.69) is 24.3 Å². The van der Waals surface area contributed by atoms with Gasteiger partial charge in [0.1, 0.15) is 18.1 Å². The number of aromatic nitrogens is 2. The van der Waals surface area contributed by atoms with Crippen molar-refractivity contribution in [2.45, 2.75) is 40.0 Å². The smallest absolute Gasteiger partial charge is 0.157 e. The Morgan fingerprint density at radius 1 is 1.47 bits per heavy atom. The number of ether oxygens (including phenoxy) is 1. The molecule has 0 radical (unpaired) electrons. The third-order valence-electron chi connectivity index (χ3n) is 2.83. The van der Waals surface area contributed by atoms with Gasteiger partial charge in [0.25, 0.3) is 0 Å². The minimum absolute atomic E-state index is 0.425. The molecular formula is C14H21N3O2. The Morgan fingerprint density at radius 3 is 2.89 bits per heavy atom. The summed E-state index contributed by atoms with van der Waals surface area (Å²) in [5.41, 5.74) is 1.18. The summed E-state index contributed by atoms with van der Waals surface area (Å²) in [6.45, 7) is 7.47. The van der Waals surface area contributed by atoms with Gasteiger partial charge in [-0.15, -0.1) is 0 Å². The first-order valence-electron chi connectivity index (χ1n) is 6.47. The van der Waals surface area contributed by atoms with Crippen molar-refractivity contribution in [3.63, 3.8) is 0 Å². The highest BCUT2D eigenvalue weighted by atomic mass is 16.5. The molecule has 0 bridgehead atoms. The van der Waals surface area contributed by atoms with Crippen molar-refractivity contribution in [1.82, 2.24) is 15.1 Å². The van der Waals surface area contributed by atoms with Gasteiger partial charge in [-0.1, -0.05) is 13.8 Å². The predicted octanol–water partition coefficient (Wildman–Crippen LogP) is 2.40. The molecule has 0 atom stereocenters. The molecule has 0 amide bonds. The third kappa shape index (κ3) is 3.86. The van der Waals surface area contributed by atoms with E-state index in [0.717, 1.165) is 23.8 Å². The predicted molar refractivity (Wildman–Crippen MR) is 73.0 cm³/mol. The fraction of sp³-hybridized carbons (Fsp3) is 0.500. The summed E-state index contributed by atoms with van der Waals surface area (Å²) in [6, 6.07) is 2.51. The Bertz CT molecular complexity index is 529. The Kier molecular flexibility index (Phi) is 4.27. The van der Waals surface area contributed by atoms with Gasteiger partial charge in [0.2, 0.25) is 0 Å². The number of hydrogen-bond acceptors (Lipinski definition) is 4. The largest absolute Gasteiger partial charge is 0.482 e. The first-order valence-corrected chi connectivity index (χ1v) is 6.47. The lowest BCUT2D eigenvalue weighted by Crippen LogP contribution is -2.21. The van der Waals surface area contributed by atoms with Crippen LogP contribution in [0.15, 0.2) is 22.9 Å². The molecule has 5 nitrogen and oxygen atoms in total. The van der Waals surface area contributed by atoms with Crippen LogP contribution in [-0.4, -0.2) is 15.8 Å². The van der Waals surface area contributed by atoms with Crippen LogP contribution in [0.4, 0.5) is 0 Å². The summed E-state index contributed by atoms with van der Waals surface area (Å²) in [5, 5.41) is 7.43. The average molecular weight is 263 g/mol. The van der Waals surface area contributed by atoms with Crippen LogP contribution in [0.25, 0.3) is 0 Å². The molecule has 0 saturated carbocycles. The molecule has 0 aliphatic heterocycles. The molecule has 0 aliphatic rings. The maximum absolute atomic E-state index is 5.68. The molecule has 0 aliphatic carbocycles. The lowest BCUT2D eigenvalue weighted by Gasteiger charge is -2.05. The van der Waals surface area contributed by atoms with Crippen LogP contribution < -0.4 is 10.1 Å². The van der Waals surface area contributed by atoms with Gasteiger partial charge >= 0.3 is 0 Å². The third-order valence-corrected chi connectivity index (χ3v) is 2.83. The minimum atomic E-state index is 0.425. The van der Waals surface area contributed by atoms with Crippen LogP contribution >= 0.6 is 0 Å². The van der Waals surface area contributed by atoms with Crippen molar-refractivity contribution >= 4 is 0 Å². The van der Waals surface area contributed by atoms with E-state index in [1.165, 1.54) is 5.56 Å². The van der Waals surface area contributed by atoms with Crippen LogP contribution in [0, 0.1) is 6.92 Å². The van der Waals surface area contributed by atoms with E-state index >= 15 is 0 Å². The standard InChI is InChI=1S/C14H21N3O2/c1-10(2)15-6-12-5-13(19-11(12)3)9-18-14-7-16-17(4)8-14/h5,7-8,10,15H,6,9H2,1-4H3. The van der Waals surface area contributed by atoms with E-state index in [1.54, 1.807) is 10.9 Å². The fourth-order valence-corrected chi connectivity index (χ4v) is 1.78. The normalized spacial score (nSPS) is 11.2. The second-order valence-electron chi connectivity index (χ2n) is 4.97. The molecule has 5 heteroatoms. The quantitative estimate of drug-likeness (QED) is 0.869. The van der Waals surface area contributed by atoms with Crippen molar-refractivity contribution in [1.29, 1.82) is 0 Å². The Morgan fingerprint density at radius 2 is 2.26 bits per heavy atom. The average Bonchev–Trinajstić information content (AvgIpc) is 2.90. The zero-order valence-electron chi connectivity index (χ0n) is 11.9. The summed E-state index contributed by atoms with van der Waals surface area (Å²) in [5.74, 6) is 2.53. The van der Waals surface area contributed by atoms with Crippen molar-refractivity contribution < 1.29 is 9.15 Å². The Labute approximate surface area is 113 Å². The van der Waals surface area contributed by atoms with E-state index in [4.69, 9.17) is 9.15 Å². The topological polar surface area (TPSA) is 52.2 Å². The first-order chi connectivity index (χ1) is 9.04. The highest BCUT2D eigenvalue weighted by Crippen LogP contribution is 2.17. The minimum Gasteiger partial charge on any atom is -0.482 e. The molecule has 0 spiro atoms. The number of nitrogens with zero attached hydrogens (tertiary/aromatic N) is 2. The Hall–Kier alpha value is -1.75. The number of aryl methyl sites for hydroxylation is 2. The van der Waals surface area contributed by atoms with Crippen LogP contribution in [-0.2, 0) is 20.2 Å². The second-order valence-corrected chi connectivity index (χ2v) is 4.97. The monoisotopic (exact) mass is 263 g/mol.